The van der Waals surface area contributed by atoms with Crippen LogP contribution >= 0.6 is 0 Å². The van der Waals surface area contributed by atoms with E-state index >= 15 is 0 Å². The standard InChI is InChI=1S/C12H26N2O5.C2H6/c1-3-4-5-9(13)6-14-11(12(17)18)19-10(7-15)8(2)16;1-2/h6,8,10-12,14-18H,3-5,7,13H2,1-2H3;1-2H3/b9-6-;. The SMILES string of the molecule is CC.CCCC/C(N)=C/NC(OC(CO)C(C)O)C(O)O. The molecular formula is C14H32N2O5. The van der Waals surface area contributed by atoms with Gasteiger partial charge >= 0.3 is 0 Å². The Morgan fingerprint density at radius 2 is 1.86 bits per heavy atom. The fraction of sp³-hybridized carbons (Fsp3) is 0.857. The Balaban J connectivity index is 0. The van der Waals surface area contributed by atoms with Crippen molar-refractivity contribution in [1.29, 1.82) is 0 Å². The molecule has 3 atom stereocenters. The van der Waals surface area contributed by atoms with Crippen LogP contribution in [0.3, 0.4) is 0 Å². The number of nitrogens with one attached hydrogen (secondary N) is 1. The van der Waals surface area contributed by atoms with Crippen molar-refractivity contribution in [2.75, 3.05) is 6.61 Å². The minimum Gasteiger partial charge on any atom is -0.401 e. The van der Waals surface area contributed by atoms with Crippen molar-refractivity contribution < 1.29 is 25.2 Å². The molecule has 0 radical (unpaired) electrons. The molecule has 0 aromatic heterocycles. The van der Waals surface area contributed by atoms with Gasteiger partial charge < -0.3 is 36.2 Å². The van der Waals surface area contributed by atoms with Crippen molar-refractivity contribution in [3.05, 3.63) is 11.9 Å². The summed E-state index contributed by atoms with van der Waals surface area (Å²) in [7, 11) is 0. The fourth-order valence-corrected chi connectivity index (χ4v) is 1.34. The third-order valence-electron chi connectivity index (χ3n) is 2.56. The average Bonchev–Trinajstić information content (AvgIpc) is 2.46. The number of hydrogen-bond donors (Lipinski definition) is 6. The Kier molecular flexibility index (Phi) is 15.0. The minimum absolute atomic E-state index is 0.433. The second-order valence-electron chi connectivity index (χ2n) is 4.42. The van der Waals surface area contributed by atoms with Crippen molar-refractivity contribution in [1.82, 2.24) is 5.32 Å². The zero-order valence-electron chi connectivity index (χ0n) is 13.5. The van der Waals surface area contributed by atoms with Crippen LogP contribution in [0.25, 0.3) is 0 Å². The molecule has 0 amide bonds. The fourth-order valence-electron chi connectivity index (χ4n) is 1.34. The Bertz CT molecular complexity index is 260. The summed E-state index contributed by atoms with van der Waals surface area (Å²) in [4.78, 5) is 0. The maximum Gasteiger partial charge on any atom is 0.197 e. The molecule has 0 fully saturated rings. The summed E-state index contributed by atoms with van der Waals surface area (Å²) in [6.45, 7) is 7.04. The van der Waals surface area contributed by atoms with Crippen molar-refractivity contribution in [2.45, 2.75) is 71.7 Å². The molecule has 0 aliphatic carbocycles. The highest BCUT2D eigenvalue weighted by Gasteiger charge is 2.23. The second kappa shape index (κ2) is 14.1. The molecule has 0 saturated carbocycles. The Morgan fingerprint density at radius 3 is 2.24 bits per heavy atom. The summed E-state index contributed by atoms with van der Waals surface area (Å²) in [5.74, 6) is 0. The molecule has 0 aliphatic rings. The van der Waals surface area contributed by atoms with E-state index in [1.165, 1.54) is 13.1 Å². The quantitative estimate of drug-likeness (QED) is 0.313. The summed E-state index contributed by atoms with van der Waals surface area (Å²) >= 11 is 0. The van der Waals surface area contributed by atoms with E-state index in [4.69, 9.17) is 25.8 Å². The molecule has 7 nitrogen and oxygen atoms in total. The van der Waals surface area contributed by atoms with Crippen LogP contribution in [0.15, 0.2) is 11.9 Å². The number of aliphatic hydroxyl groups excluding tert-OH is 3. The number of nitrogens with two attached hydrogens (primary N) is 1. The first-order chi connectivity index (χ1) is 9.92. The summed E-state index contributed by atoms with van der Waals surface area (Å²) in [6, 6.07) is 0. The molecule has 21 heavy (non-hydrogen) atoms. The molecule has 0 aromatic carbocycles. The summed E-state index contributed by atoms with van der Waals surface area (Å²) in [5.41, 5.74) is 6.28. The first-order valence-corrected chi connectivity index (χ1v) is 7.43. The van der Waals surface area contributed by atoms with Crippen LogP contribution in [-0.2, 0) is 4.74 Å². The van der Waals surface area contributed by atoms with Gasteiger partial charge in [-0.05, 0) is 19.8 Å². The maximum atomic E-state index is 9.32. The minimum atomic E-state index is -1.80. The van der Waals surface area contributed by atoms with Gasteiger partial charge in [0.15, 0.2) is 12.5 Å². The van der Waals surface area contributed by atoms with Gasteiger partial charge in [0, 0.05) is 11.9 Å². The highest BCUT2D eigenvalue weighted by atomic mass is 16.6. The molecule has 7 N–H and O–H groups in total. The van der Waals surface area contributed by atoms with E-state index in [1.807, 2.05) is 20.8 Å². The summed E-state index contributed by atoms with van der Waals surface area (Å²) in [5, 5.41) is 39.3. The third kappa shape index (κ3) is 11.5. The molecule has 0 bridgehead atoms. The van der Waals surface area contributed by atoms with E-state index in [-0.39, 0.29) is 0 Å². The van der Waals surface area contributed by atoms with Gasteiger partial charge in [0.05, 0.1) is 12.7 Å². The van der Waals surface area contributed by atoms with E-state index in [2.05, 4.69) is 5.32 Å². The van der Waals surface area contributed by atoms with Crippen LogP contribution < -0.4 is 11.1 Å². The molecule has 0 aromatic rings. The number of aliphatic hydroxyl groups is 4. The number of rotatable bonds is 10. The zero-order chi connectivity index (χ0) is 16.8. The lowest BCUT2D eigenvalue weighted by Gasteiger charge is -2.26. The van der Waals surface area contributed by atoms with Crippen molar-refractivity contribution in [3.8, 4) is 0 Å². The number of hydrogen-bond acceptors (Lipinski definition) is 7. The maximum absolute atomic E-state index is 9.32. The lowest BCUT2D eigenvalue weighted by Crippen LogP contribution is -2.45. The van der Waals surface area contributed by atoms with Crippen molar-refractivity contribution >= 4 is 0 Å². The smallest absolute Gasteiger partial charge is 0.197 e. The van der Waals surface area contributed by atoms with Crippen LogP contribution in [0.4, 0.5) is 0 Å². The highest BCUT2D eigenvalue weighted by molar-refractivity contribution is 4.95. The number of allylic oxidation sites excluding steroid dienone is 1. The average molecular weight is 308 g/mol. The van der Waals surface area contributed by atoms with Crippen LogP contribution in [-0.4, -0.2) is 51.8 Å². The molecule has 128 valence electrons. The van der Waals surface area contributed by atoms with Crippen LogP contribution in [0.1, 0.15) is 47.0 Å². The number of ether oxygens (including phenoxy) is 1. The summed E-state index contributed by atoms with van der Waals surface area (Å²) in [6.07, 6.45) is -0.752. The van der Waals surface area contributed by atoms with Gasteiger partial charge in [-0.1, -0.05) is 27.2 Å². The van der Waals surface area contributed by atoms with Gasteiger partial charge in [0.2, 0.25) is 0 Å². The lowest BCUT2D eigenvalue weighted by molar-refractivity contribution is -0.192. The Hall–Kier alpha value is -0.860. The highest BCUT2D eigenvalue weighted by Crippen LogP contribution is 2.05. The first-order valence-electron chi connectivity index (χ1n) is 7.43. The predicted octanol–water partition coefficient (Wildman–Crippen LogP) is -0.0124. The normalized spacial score (nSPS) is 16.0. The predicted molar refractivity (Wildman–Crippen MR) is 81.9 cm³/mol. The van der Waals surface area contributed by atoms with E-state index in [0.29, 0.717) is 12.1 Å². The van der Waals surface area contributed by atoms with E-state index < -0.39 is 31.3 Å². The zero-order valence-corrected chi connectivity index (χ0v) is 13.5. The Morgan fingerprint density at radius 1 is 1.29 bits per heavy atom. The lowest BCUT2D eigenvalue weighted by atomic mass is 10.2. The van der Waals surface area contributed by atoms with Gasteiger partial charge in [-0.25, -0.2) is 0 Å². The topological polar surface area (TPSA) is 128 Å². The van der Waals surface area contributed by atoms with Crippen LogP contribution in [0.2, 0.25) is 0 Å². The van der Waals surface area contributed by atoms with E-state index in [1.54, 1.807) is 0 Å². The molecule has 0 saturated heterocycles. The molecular weight excluding hydrogens is 276 g/mol. The molecule has 0 heterocycles. The van der Waals surface area contributed by atoms with Gasteiger partial charge in [0.25, 0.3) is 0 Å². The third-order valence-corrected chi connectivity index (χ3v) is 2.56. The van der Waals surface area contributed by atoms with Gasteiger partial charge in [-0.3, -0.25) is 0 Å². The van der Waals surface area contributed by atoms with Crippen molar-refractivity contribution in [3.63, 3.8) is 0 Å². The van der Waals surface area contributed by atoms with E-state index in [0.717, 1.165) is 12.8 Å². The van der Waals surface area contributed by atoms with Gasteiger partial charge in [-0.15, -0.1) is 0 Å². The van der Waals surface area contributed by atoms with Gasteiger partial charge in [0.1, 0.15) is 6.10 Å². The molecule has 0 rings (SSSR count). The number of unbranched alkanes of at least 4 members (excludes halogenated alkanes) is 1. The van der Waals surface area contributed by atoms with Crippen molar-refractivity contribution in [2.24, 2.45) is 5.73 Å². The van der Waals surface area contributed by atoms with Crippen LogP contribution in [0, 0.1) is 0 Å². The molecule has 7 heteroatoms. The monoisotopic (exact) mass is 308 g/mol. The van der Waals surface area contributed by atoms with Crippen LogP contribution in [0.5, 0.6) is 0 Å². The first kappa shape index (κ1) is 22.4. The largest absolute Gasteiger partial charge is 0.401 e. The summed E-state index contributed by atoms with van der Waals surface area (Å²) < 4.78 is 5.17. The molecule has 0 spiro atoms. The molecule has 0 aliphatic heterocycles. The second-order valence-corrected chi connectivity index (χ2v) is 4.42. The van der Waals surface area contributed by atoms with E-state index in [9.17, 15) is 5.11 Å². The van der Waals surface area contributed by atoms with Gasteiger partial charge in [-0.2, -0.15) is 0 Å². The molecule has 3 unspecified atom stereocenters. The Labute approximate surface area is 127 Å².